The van der Waals surface area contributed by atoms with Gasteiger partial charge in [0, 0.05) is 31.0 Å². The molecule has 1 aromatic carbocycles. The first-order chi connectivity index (χ1) is 13.3. The lowest BCUT2D eigenvalue weighted by Crippen LogP contribution is -2.24. The number of pyridine rings is 1. The second-order valence-corrected chi connectivity index (χ2v) is 7.05. The van der Waals surface area contributed by atoms with Crippen molar-refractivity contribution in [3.05, 3.63) is 66.3 Å². The molecule has 0 bridgehead atoms. The summed E-state index contributed by atoms with van der Waals surface area (Å²) >= 11 is 0. The van der Waals surface area contributed by atoms with Crippen LogP contribution in [0.1, 0.15) is 30.5 Å². The largest absolute Gasteiger partial charge is 0.346 e. The Morgan fingerprint density at radius 1 is 1.15 bits per heavy atom. The van der Waals surface area contributed by atoms with Crippen molar-refractivity contribution in [2.75, 3.05) is 6.54 Å². The van der Waals surface area contributed by atoms with Crippen LogP contribution in [0.15, 0.2) is 59.3 Å². The van der Waals surface area contributed by atoms with Crippen LogP contribution in [0.4, 0.5) is 0 Å². The highest BCUT2D eigenvalue weighted by Crippen LogP contribution is 2.33. The van der Waals surface area contributed by atoms with Crippen molar-refractivity contribution in [3.63, 3.8) is 0 Å². The Morgan fingerprint density at radius 2 is 2.04 bits per heavy atom. The summed E-state index contributed by atoms with van der Waals surface area (Å²) in [5, 5.41) is 5.42. The molecule has 0 unspecified atom stereocenters. The highest BCUT2D eigenvalue weighted by molar-refractivity contribution is 5.81. The highest BCUT2D eigenvalue weighted by Gasteiger charge is 2.31. The molecule has 6 heteroatoms. The van der Waals surface area contributed by atoms with Crippen LogP contribution >= 0.6 is 0 Å². The molecule has 1 fully saturated rings. The molecule has 0 N–H and O–H groups in total. The first-order valence-electron chi connectivity index (χ1n) is 9.32. The van der Waals surface area contributed by atoms with Gasteiger partial charge in [0.05, 0.1) is 6.04 Å². The van der Waals surface area contributed by atoms with E-state index in [0.717, 1.165) is 31.6 Å². The zero-order valence-electron chi connectivity index (χ0n) is 15.2. The monoisotopic (exact) mass is 359 g/mol. The summed E-state index contributed by atoms with van der Waals surface area (Å²) in [5.41, 5.74) is 3.30. The zero-order chi connectivity index (χ0) is 18.2. The molecule has 0 amide bonds. The predicted octanol–water partition coefficient (Wildman–Crippen LogP) is 3.96. The molecule has 4 heterocycles. The highest BCUT2D eigenvalue weighted by atomic mass is 16.5. The molecule has 1 aliphatic heterocycles. The summed E-state index contributed by atoms with van der Waals surface area (Å²) in [5.74, 6) is 1.24. The van der Waals surface area contributed by atoms with Gasteiger partial charge in [0.25, 0.3) is 0 Å². The quantitative estimate of drug-likeness (QED) is 0.552. The van der Waals surface area contributed by atoms with Crippen LogP contribution in [0.3, 0.4) is 0 Å². The average Bonchev–Trinajstić information content (AvgIpc) is 3.43. The molecule has 4 aromatic rings. The number of nitrogens with zero attached hydrogens (tertiary/aromatic N) is 5. The fourth-order valence-electron chi connectivity index (χ4n) is 3.97. The van der Waals surface area contributed by atoms with Gasteiger partial charge in [0.2, 0.25) is 11.7 Å². The molecule has 0 aliphatic carbocycles. The van der Waals surface area contributed by atoms with E-state index in [9.17, 15) is 0 Å². The van der Waals surface area contributed by atoms with Crippen molar-refractivity contribution in [1.82, 2.24) is 24.6 Å². The van der Waals surface area contributed by atoms with Crippen LogP contribution in [-0.2, 0) is 13.6 Å². The molecule has 0 radical (unpaired) electrons. The number of aromatic nitrogens is 4. The Labute approximate surface area is 157 Å². The van der Waals surface area contributed by atoms with E-state index in [4.69, 9.17) is 4.52 Å². The first kappa shape index (κ1) is 16.2. The van der Waals surface area contributed by atoms with Gasteiger partial charge in [-0.25, -0.2) is 0 Å². The molecule has 1 atom stereocenters. The van der Waals surface area contributed by atoms with Crippen LogP contribution < -0.4 is 0 Å². The molecular weight excluding hydrogens is 338 g/mol. The average molecular weight is 359 g/mol. The zero-order valence-corrected chi connectivity index (χ0v) is 15.2. The smallest absolute Gasteiger partial charge is 0.244 e. The maximum Gasteiger partial charge on any atom is 0.244 e. The number of aryl methyl sites for hydroxylation is 1. The Bertz CT molecular complexity index is 1070. The third kappa shape index (κ3) is 2.92. The molecule has 3 aromatic heterocycles. The van der Waals surface area contributed by atoms with Crippen molar-refractivity contribution in [2.45, 2.75) is 25.4 Å². The number of hydrogen-bond acceptors (Lipinski definition) is 5. The molecular formula is C21H21N5O. The third-order valence-electron chi connectivity index (χ3n) is 5.40. The van der Waals surface area contributed by atoms with Crippen molar-refractivity contribution < 1.29 is 4.52 Å². The molecule has 6 nitrogen and oxygen atoms in total. The molecule has 5 rings (SSSR count). The maximum atomic E-state index is 5.61. The van der Waals surface area contributed by atoms with Crippen LogP contribution in [0.25, 0.3) is 22.4 Å². The summed E-state index contributed by atoms with van der Waals surface area (Å²) in [6.45, 7) is 1.91. The van der Waals surface area contributed by atoms with E-state index < -0.39 is 0 Å². The van der Waals surface area contributed by atoms with E-state index in [1.807, 2.05) is 18.2 Å². The van der Waals surface area contributed by atoms with Gasteiger partial charge in [-0.2, -0.15) is 4.98 Å². The van der Waals surface area contributed by atoms with Crippen molar-refractivity contribution >= 4 is 10.9 Å². The number of fused-ring (bicyclic) bond motifs is 1. The molecule has 1 aliphatic rings. The van der Waals surface area contributed by atoms with Crippen molar-refractivity contribution in [3.8, 4) is 11.5 Å². The summed E-state index contributed by atoms with van der Waals surface area (Å²) in [4.78, 5) is 11.4. The van der Waals surface area contributed by atoms with Gasteiger partial charge < -0.3 is 9.09 Å². The molecule has 0 spiro atoms. The maximum absolute atomic E-state index is 5.61. The Morgan fingerprint density at radius 3 is 2.89 bits per heavy atom. The van der Waals surface area contributed by atoms with Crippen LogP contribution in [-0.4, -0.2) is 31.1 Å². The molecule has 27 heavy (non-hydrogen) atoms. The Kier molecular flexibility index (Phi) is 3.98. The summed E-state index contributed by atoms with van der Waals surface area (Å²) < 4.78 is 7.89. The van der Waals surface area contributed by atoms with Gasteiger partial charge in [-0.15, -0.1) is 0 Å². The van der Waals surface area contributed by atoms with Crippen LogP contribution in [0.5, 0.6) is 0 Å². The number of benzene rings is 1. The van der Waals surface area contributed by atoms with E-state index >= 15 is 0 Å². The number of hydrogen-bond donors (Lipinski definition) is 0. The third-order valence-corrected chi connectivity index (χ3v) is 5.40. The Balaban J connectivity index is 1.40. The van der Waals surface area contributed by atoms with Gasteiger partial charge in [-0.3, -0.25) is 9.88 Å². The second-order valence-electron chi connectivity index (χ2n) is 7.05. The van der Waals surface area contributed by atoms with Gasteiger partial charge in [-0.05, 0) is 49.0 Å². The fourth-order valence-corrected chi connectivity index (χ4v) is 3.97. The predicted molar refractivity (Wildman–Crippen MR) is 103 cm³/mol. The van der Waals surface area contributed by atoms with Gasteiger partial charge in [0.15, 0.2) is 0 Å². The van der Waals surface area contributed by atoms with Gasteiger partial charge in [0.1, 0.15) is 5.69 Å². The Hall–Kier alpha value is -2.99. The van der Waals surface area contributed by atoms with E-state index in [1.165, 1.54) is 16.6 Å². The van der Waals surface area contributed by atoms with E-state index in [1.54, 1.807) is 6.20 Å². The minimum absolute atomic E-state index is 0.160. The van der Waals surface area contributed by atoms with E-state index in [-0.39, 0.29) is 6.04 Å². The topological polar surface area (TPSA) is 60.0 Å². The lowest BCUT2D eigenvalue weighted by molar-refractivity contribution is 0.198. The van der Waals surface area contributed by atoms with Crippen molar-refractivity contribution in [1.29, 1.82) is 0 Å². The first-order valence-corrected chi connectivity index (χ1v) is 9.32. The number of likely N-dealkylation sites (tertiary alicyclic amines) is 1. The molecule has 0 saturated carbocycles. The normalized spacial score (nSPS) is 17.7. The summed E-state index contributed by atoms with van der Waals surface area (Å²) in [6.07, 6.45) is 3.91. The van der Waals surface area contributed by atoms with E-state index in [2.05, 4.69) is 62.0 Å². The lowest BCUT2D eigenvalue weighted by atomic mass is 10.2. The molecule has 1 saturated heterocycles. The standard InChI is InChI=1S/C21H21N5O/c1-25-16(13-15-7-2-3-9-18(15)25)14-26-12-6-10-19(26)21-23-20(24-27-21)17-8-4-5-11-22-17/h2-5,7-9,11,13,19H,6,10,12,14H2,1H3/t19-/m0/s1. The van der Waals surface area contributed by atoms with E-state index in [0.29, 0.717) is 11.7 Å². The van der Waals surface area contributed by atoms with Crippen LogP contribution in [0.2, 0.25) is 0 Å². The lowest BCUT2D eigenvalue weighted by Gasteiger charge is -2.21. The minimum Gasteiger partial charge on any atom is -0.346 e. The summed E-state index contributed by atoms with van der Waals surface area (Å²) in [6, 6.07) is 16.6. The summed E-state index contributed by atoms with van der Waals surface area (Å²) in [7, 11) is 2.13. The second kappa shape index (κ2) is 6.63. The SMILES string of the molecule is Cn1c(CN2CCC[C@H]2c2nc(-c3ccccn3)no2)cc2ccccc21. The minimum atomic E-state index is 0.160. The van der Waals surface area contributed by atoms with Crippen molar-refractivity contribution in [2.24, 2.45) is 7.05 Å². The number of para-hydroxylation sites is 1. The van der Waals surface area contributed by atoms with Crippen LogP contribution in [0, 0.1) is 0 Å². The fraction of sp³-hybridized carbons (Fsp3) is 0.286. The van der Waals surface area contributed by atoms with Gasteiger partial charge >= 0.3 is 0 Å². The van der Waals surface area contributed by atoms with Gasteiger partial charge in [-0.1, -0.05) is 29.4 Å². The number of rotatable bonds is 4. The molecule has 136 valence electrons.